The monoisotopic (exact) mass is 249 g/mol. The van der Waals surface area contributed by atoms with Gasteiger partial charge in [-0.3, -0.25) is 9.69 Å². The zero-order valence-corrected chi connectivity index (χ0v) is 8.13. The average Bonchev–Trinajstić information content (AvgIpc) is 2.43. The van der Waals surface area contributed by atoms with Crippen LogP contribution in [0.4, 0.5) is 0 Å². The van der Waals surface area contributed by atoms with Crippen LogP contribution in [0, 0.1) is 0 Å². The topological polar surface area (TPSA) is 57.6 Å². The molecule has 2 atom stereocenters. The number of thioether (sulfide) groups is 1. The number of hydrogen-bond donors (Lipinski definition) is 1. The summed E-state index contributed by atoms with van der Waals surface area (Å²) in [4.78, 5) is 22.7. The maximum Gasteiger partial charge on any atom is 0.353 e. The van der Waals surface area contributed by atoms with Crippen molar-refractivity contribution in [1.82, 2.24) is 4.90 Å². The van der Waals surface area contributed by atoms with Crippen molar-refractivity contribution in [2.24, 2.45) is 0 Å². The Hall–Kier alpha value is -0.490. The van der Waals surface area contributed by atoms with Crippen LogP contribution in [0.1, 0.15) is 0 Å². The number of hydrogen-bond acceptors (Lipinski definition) is 3. The lowest BCUT2D eigenvalue weighted by Gasteiger charge is -2.38. The van der Waals surface area contributed by atoms with Crippen molar-refractivity contribution >= 4 is 39.6 Å². The molecule has 0 aliphatic carbocycles. The number of amides is 1. The van der Waals surface area contributed by atoms with E-state index in [2.05, 4.69) is 15.9 Å². The lowest BCUT2D eigenvalue weighted by molar-refractivity contribution is -0.144. The molecule has 64 valence electrons. The van der Waals surface area contributed by atoms with E-state index in [1.54, 1.807) is 0 Å². The van der Waals surface area contributed by atoms with Gasteiger partial charge in [0.15, 0.2) is 0 Å². The minimum absolute atomic E-state index is 0.0522. The molecule has 1 amide bonds. The zero-order chi connectivity index (χ0) is 8.88. The first kappa shape index (κ1) is 8.12. The van der Waals surface area contributed by atoms with Crippen LogP contribution in [0.25, 0.3) is 0 Å². The van der Waals surface area contributed by atoms with Crippen LogP contribution in [0.5, 0.6) is 0 Å². The summed E-state index contributed by atoms with van der Waals surface area (Å²) in [5.74, 6) is -1.21. The zero-order valence-electron chi connectivity index (χ0n) is 5.73. The van der Waals surface area contributed by atoms with Gasteiger partial charge in [0.05, 0.1) is 0 Å². The summed E-state index contributed by atoms with van der Waals surface area (Å²) in [5.41, 5.74) is 0.0886. The number of rotatable bonds is 1. The van der Waals surface area contributed by atoms with Gasteiger partial charge in [0.25, 0.3) is 0 Å². The van der Waals surface area contributed by atoms with Crippen molar-refractivity contribution in [3.05, 3.63) is 11.1 Å². The molecule has 2 heterocycles. The van der Waals surface area contributed by atoms with E-state index in [1.165, 1.54) is 22.1 Å². The third kappa shape index (κ3) is 0.847. The number of alkyl halides is 1. The second kappa shape index (κ2) is 2.50. The van der Waals surface area contributed by atoms with E-state index in [-0.39, 0.29) is 21.8 Å². The van der Waals surface area contributed by atoms with E-state index < -0.39 is 5.97 Å². The van der Waals surface area contributed by atoms with Crippen molar-refractivity contribution in [3.8, 4) is 0 Å². The molecule has 0 aromatic heterocycles. The lowest BCUT2D eigenvalue weighted by Crippen LogP contribution is -2.58. The number of carbonyl (C=O) groups is 2. The Morgan fingerprint density at radius 1 is 1.75 bits per heavy atom. The summed E-state index contributed by atoms with van der Waals surface area (Å²) in [5, 5.41) is 10.1. The van der Waals surface area contributed by atoms with E-state index in [0.29, 0.717) is 0 Å². The van der Waals surface area contributed by atoms with Gasteiger partial charge in [-0.05, 0) is 0 Å². The summed E-state index contributed by atoms with van der Waals surface area (Å²) < 4.78 is 0. The number of carboxylic acids is 1. The van der Waals surface area contributed by atoms with Gasteiger partial charge in [-0.25, -0.2) is 4.79 Å². The highest BCUT2D eigenvalue weighted by Gasteiger charge is 2.52. The third-order valence-corrected chi connectivity index (χ3v) is 4.14. The molecule has 12 heavy (non-hydrogen) atoms. The quantitative estimate of drug-likeness (QED) is 0.546. The third-order valence-electron chi connectivity index (χ3n) is 1.78. The van der Waals surface area contributed by atoms with Crippen LogP contribution in [0.15, 0.2) is 11.1 Å². The fourth-order valence-electron chi connectivity index (χ4n) is 1.16. The molecule has 2 aliphatic rings. The fraction of sp³-hybridized carbons (Fsp3) is 0.333. The van der Waals surface area contributed by atoms with Crippen LogP contribution < -0.4 is 0 Å². The van der Waals surface area contributed by atoms with Crippen LogP contribution in [-0.4, -0.2) is 32.1 Å². The second-order valence-corrected chi connectivity index (χ2v) is 4.42. The molecule has 4 nitrogen and oxygen atoms in total. The van der Waals surface area contributed by atoms with E-state index in [4.69, 9.17) is 5.11 Å². The first-order valence-electron chi connectivity index (χ1n) is 3.19. The Balaban J connectivity index is 2.23. The highest BCUT2D eigenvalue weighted by molar-refractivity contribution is 9.10. The number of carboxylic acid groups (broad SMARTS) is 1. The minimum Gasteiger partial charge on any atom is -0.477 e. The van der Waals surface area contributed by atoms with Crippen LogP contribution in [-0.2, 0) is 9.59 Å². The standard InChI is InChI=1S/C6H4BrNO3S/c7-3-4(9)8-2(6(10)11)1-12-5(3)8/h1,3,5H,(H,10,11)/t3-,5+/m0/s1. The van der Waals surface area contributed by atoms with Gasteiger partial charge < -0.3 is 5.11 Å². The SMILES string of the molecule is O=C(O)C1=CS[C@@H]2[C@@H](Br)C(=O)N12. The Labute approximate surface area is 80.7 Å². The molecule has 1 N–H and O–H groups in total. The van der Waals surface area contributed by atoms with Crippen molar-refractivity contribution in [1.29, 1.82) is 0 Å². The molecule has 0 aromatic rings. The normalized spacial score (nSPS) is 32.6. The highest BCUT2D eigenvalue weighted by atomic mass is 79.9. The van der Waals surface area contributed by atoms with Crippen LogP contribution in [0.2, 0.25) is 0 Å². The van der Waals surface area contributed by atoms with Crippen LogP contribution >= 0.6 is 27.7 Å². The molecule has 0 spiro atoms. The van der Waals surface area contributed by atoms with E-state index in [0.717, 1.165) is 0 Å². The number of nitrogens with zero attached hydrogens (tertiary/aromatic N) is 1. The molecule has 6 heteroatoms. The van der Waals surface area contributed by atoms with Gasteiger partial charge in [-0.15, -0.1) is 11.8 Å². The molecule has 0 saturated carbocycles. The first-order valence-corrected chi connectivity index (χ1v) is 5.05. The Morgan fingerprint density at radius 2 is 2.42 bits per heavy atom. The Bertz CT molecular complexity index is 303. The van der Waals surface area contributed by atoms with Gasteiger partial charge in [0.1, 0.15) is 15.9 Å². The number of aliphatic carboxylic acids is 1. The average molecular weight is 250 g/mol. The maximum atomic E-state index is 11.1. The molecular weight excluding hydrogens is 246 g/mol. The highest BCUT2D eigenvalue weighted by Crippen LogP contribution is 2.44. The summed E-state index contributed by atoms with van der Waals surface area (Å²) in [6.07, 6.45) is 0. The Morgan fingerprint density at radius 3 is 3.00 bits per heavy atom. The predicted molar refractivity (Wildman–Crippen MR) is 46.7 cm³/mol. The van der Waals surface area contributed by atoms with Gasteiger partial charge in [-0.1, -0.05) is 15.9 Å². The van der Waals surface area contributed by atoms with Gasteiger partial charge in [0, 0.05) is 5.41 Å². The van der Waals surface area contributed by atoms with Gasteiger partial charge in [0.2, 0.25) is 5.91 Å². The van der Waals surface area contributed by atoms with E-state index in [9.17, 15) is 9.59 Å². The van der Waals surface area contributed by atoms with Gasteiger partial charge in [-0.2, -0.15) is 0 Å². The van der Waals surface area contributed by atoms with Crippen molar-refractivity contribution in [2.75, 3.05) is 0 Å². The fourth-order valence-corrected chi connectivity index (χ4v) is 3.07. The number of halogens is 1. The first-order chi connectivity index (χ1) is 5.63. The molecule has 0 bridgehead atoms. The summed E-state index contributed by atoms with van der Waals surface area (Å²) >= 11 is 4.53. The summed E-state index contributed by atoms with van der Waals surface area (Å²) in [6, 6.07) is 0. The molecule has 0 radical (unpaired) electrons. The van der Waals surface area contributed by atoms with Gasteiger partial charge >= 0.3 is 5.97 Å². The molecule has 2 rings (SSSR count). The minimum atomic E-state index is -1.04. The largest absolute Gasteiger partial charge is 0.477 e. The molecule has 0 unspecified atom stereocenters. The molecular formula is C6H4BrNO3S. The van der Waals surface area contributed by atoms with E-state index in [1.807, 2.05) is 0 Å². The molecule has 1 saturated heterocycles. The number of carbonyl (C=O) groups excluding carboxylic acids is 1. The number of fused-ring (bicyclic) bond motifs is 1. The number of β-lactam (4-membered cyclic amide) rings is 1. The van der Waals surface area contributed by atoms with Crippen LogP contribution in [0.3, 0.4) is 0 Å². The smallest absolute Gasteiger partial charge is 0.353 e. The summed E-state index contributed by atoms with van der Waals surface area (Å²) in [7, 11) is 0. The second-order valence-electron chi connectivity index (χ2n) is 2.44. The maximum absolute atomic E-state index is 11.1. The molecule has 1 fully saturated rings. The van der Waals surface area contributed by atoms with Crippen molar-refractivity contribution in [3.63, 3.8) is 0 Å². The molecule has 2 aliphatic heterocycles. The summed E-state index contributed by atoms with van der Waals surface area (Å²) in [6.45, 7) is 0. The lowest BCUT2D eigenvalue weighted by atomic mass is 10.2. The Kier molecular flexibility index (Phi) is 1.69. The predicted octanol–water partition coefficient (Wildman–Crippen LogP) is 0.591. The van der Waals surface area contributed by atoms with E-state index >= 15 is 0 Å². The van der Waals surface area contributed by atoms with Crippen molar-refractivity contribution < 1.29 is 14.7 Å². The van der Waals surface area contributed by atoms with Crippen molar-refractivity contribution in [2.45, 2.75) is 10.2 Å². The molecule has 0 aromatic carbocycles.